The maximum Gasteiger partial charge on any atom is 0.335 e. The van der Waals surface area contributed by atoms with Crippen molar-refractivity contribution in [2.75, 3.05) is 11.1 Å². The molecule has 0 aliphatic carbocycles. The topological polar surface area (TPSA) is 83.5 Å². The standard InChI is InChI=1S/C16H13Cl2NO4S/c17-12-5-13(18)7-14(6-12)19-15(20)9-24(23)8-10-1-3-11(4-2-10)16(21)22/h1-7H,8-9H2,(H,19,20)(H,21,22). The molecule has 2 aromatic rings. The second-order valence-corrected chi connectivity index (χ2v) is 7.27. The monoisotopic (exact) mass is 385 g/mol. The van der Waals surface area contributed by atoms with Crippen molar-refractivity contribution in [3.8, 4) is 0 Å². The van der Waals surface area contributed by atoms with Gasteiger partial charge >= 0.3 is 5.97 Å². The maximum absolute atomic E-state index is 12.0. The molecule has 0 aliphatic heterocycles. The number of nitrogens with one attached hydrogen (secondary N) is 1. The van der Waals surface area contributed by atoms with E-state index in [4.69, 9.17) is 28.3 Å². The van der Waals surface area contributed by atoms with Crippen LogP contribution in [0.2, 0.25) is 10.0 Å². The summed E-state index contributed by atoms with van der Waals surface area (Å²) in [5.41, 5.74) is 1.28. The summed E-state index contributed by atoms with van der Waals surface area (Å²) >= 11 is 11.7. The smallest absolute Gasteiger partial charge is 0.335 e. The first-order chi connectivity index (χ1) is 11.3. The Labute approximate surface area is 151 Å². The first-order valence-corrected chi connectivity index (χ1v) is 9.01. The number of anilines is 1. The lowest BCUT2D eigenvalue weighted by Crippen LogP contribution is -2.20. The summed E-state index contributed by atoms with van der Waals surface area (Å²) in [7, 11) is -1.43. The van der Waals surface area contributed by atoms with Crippen LogP contribution in [0.1, 0.15) is 15.9 Å². The molecule has 1 amide bonds. The molecule has 126 valence electrons. The van der Waals surface area contributed by atoms with Gasteiger partial charge in [-0.1, -0.05) is 35.3 Å². The van der Waals surface area contributed by atoms with Crippen LogP contribution in [0.3, 0.4) is 0 Å². The Morgan fingerprint density at radius 1 is 1.04 bits per heavy atom. The maximum atomic E-state index is 12.0. The van der Waals surface area contributed by atoms with Gasteiger partial charge in [0.25, 0.3) is 0 Å². The van der Waals surface area contributed by atoms with Crippen molar-refractivity contribution in [2.24, 2.45) is 0 Å². The number of carbonyl (C=O) groups is 2. The number of amides is 1. The second kappa shape index (κ2) is 8.28. The van der Waals surface area contributed by atoms with Crippen molar-refractivity contribution in [2.45, 2.75) is 5.75 Å². The number of hydrogen-bond acceptors (Lipinski definition) is 3. The fraction of sp³-hybridized carbons (Fsp3) is 0.125. The SMILES string of the molecule is O=C(CS(=O)Cc1ccc(C(=O)O)cc1)Nc1cc(Cl)cc(Cl)c1. The third-order valence-corrected chi connectivity index (χ3v) is 4.64. The molecule has 0 saturated carbocycles. The number of rotatable bonds is 6. The normalized spacial score (nSPS) is 11.8. The lowest BCUT2D eigenvalue weighted by atomic mass is 10.1. The Bertz CT molecular complexity index is 773. The van der Waals surface area contributed by atoms with Gasteiger partial charge in [0, 0.05) is 32.3 Å². The minimum absolute atomic E-state index is 0.153. The van der Waals surface area contributed by atoms with E-state index in [2.05, 4.69) is 5.32 Å². The molecule has 0 heterocycles. The molecular weight excluding hydrogens is 373 g/mol. The summed E-state index contributed by atoms with van der Waals surface area (Å²) in [6.45, 7) is 0. The third-order valence-electron chi connectivity index (χ3n) is 2.97. The van der Waals surface area contributed by atoms with Crippen LogP contribution in [-0.2, 0) is 21.3 Å². The molecule has 2 N–H and O–H groups in total. The minimum atomic E-state index is -1.43. The van der Waals surface area contributed by atoms with Crippen LogP contribution in [0.4, 0.5) is 5.69 Å². The average molecular weight is 386 g/mol. The number of aromatic carboxylic acids is 1. The van der Waals surface area contributed by atoms with Gasteiger partial charge in [0.1, 0.15) is 5.75 Å². The zero-order valence-electron chi connectivity index (χ0n) is 12.3. The Hall–Kier alpha value is -1.89. The van der Waals surface area contributed by atoms with Crippen LogP contribution in [-0.4, -0.2) is 26.9 Å². The number of carboxylic acids is 1. The molecule has 1 unspecified atom stereocenters. The zero-order chi connectivity index (χ0) is 17.7. The molecule has 24 heavy (non-hydrogen) atoms. The van der Waals surface area contributed by atoms with Gasteiger partial charge < -0.3 is 10.4 Å². The summed E-state index contributed by atoms with van der Waals surface area (Å²) in [6, 6.07) is 10.6. The molecule has 0 radical (unpaired) electrons. The molecule has 5 nitrogen and oxygen atoms in total. The van der Waals surface area contributed by atoms with E-state index in [0.29, 0.717) is 21.3 Å². The van der Waals surface area contributed by atoms with E-state index >= 15 is 0 Å². The summed E-state index contributed by atoms with van der Waals surface area (Å²) in [5.74, 6) is -1.48. The molecule has 0 spiro atoms. The van der Waals surface area contributed by atoms with Crippen LogP contribution >= 0.6 is 23.2 Å². The van der Waals surface area contributed by atoms with Crippen LogP contribution in [0.25, 0.3) is 0 Å². The van der Waals surface area contributed by atoms with E-state index in [-0.39, 0.29) is 17.1 Å². The van der Waals surface area contributed by atoms with Gasteiger partial charge in [0.05, 0.1) is 5.56 Å². The highest BCUT2D eigenvalue weighted by molar-refractivity contribution is 7.84. The number of carbonyl (C=O) groups excluding carboxylic acids is 1. The molecule has 8 heteroatoms. The molecule has 0 aliphatic rings. The lowest BCUT2D eigenvalue weighted by molar-refractivity contribution is -0.113. The van der Waals surface area contributed by atoms with Crippen molar-refractivity contribution < 1.29 is 18.9 Å². The van der Waals surface area contributed by atoms with E-state index in [1.54, 1.807) is 24.3 Å². The first-order valence-electron chi connectivity index (χ1n) is 6.76. The third kappa shape index (κ3) is 5.63. The van der Waals surface area contributed by atoms with Crippen molar-refractivity contribution in [1.29, 1.82) is 0 Å². The van der Waals surface area contributed by atoms with Crippen LogP contribution < -0.4 is 5.32 Å². The van der Waals surface area contributed by atoms with Gasteiger partial charge in [0.15, 0.2) is 0 Å². The van der Waals surface area contributed by atoms with E-state index in [1.165, 1.54) is 18.2 Å². The van der Waals surface area contributed by atoms with E-state index in [0.717, 1.165) is 0 Å². The second-order valence-electron chi connectivity index (χ2n) is 4.94. The number of benzene rings is 2. The minimum Gasteiger partial charge on any atom is -0.478 e. The van der Waals surface area contributed by atoms with Crippen LogP contribution in [0.5, 0.6) is 0 Å². The Balaban J connectivity index is 1.91. The van der Waals surface area contributed by atoms with Crippen LogP contribution in [0, 0.1) is 0 Å². The molecule has 0 bridgehead atoms. The van der Waals surface area contributed by atoms with Gasteiger partial charge in [-0.05, 0) is 35.9 Å². The van der Waals surface area contributed by atoms with Gasteiger partial charge in [-0.25, -0.2) is 4.79 Å². The largest absolute Gasteiger partial charge is 0.478 e. The summed E-state index contributed by atoms with van der Waals surface area (Å²) < 4.78 is 12.0. The Morgan fingerprint density at radius 2 is 1.62 bits per heavy atom. The Kier molecular flexibility index (Phi) is 6.36. The van der Waals surface area contributed by atoms with Crippen molar-refractivity contribution >= 4 is 51.6 Å². The molecule has 0 aromatic heterocycles. The van der Waals surface area contributed by atoms with Crippen LogP contribution in [0.15, 0.2) is 42.5 Å². The van der Waals surface area contributed by atoms with Gasteiger partial charge in [-0.3, -0.25) is 9.00 Å². The quantitative estimate of drug-likeness (QED) is 0.795. The summed E-state index contributed by atoms with van der Waals surface area (Å²) in [6.07, 6.45) is 0. The predicted octanol–water partition coefficient (Wildman–Crippen LogP) is 3.58. The molecule has 2 aromatic carbocycles. The molecule has 1 atom stereocenters. The molecule has 0 fully saturated rings. The fourth-order valence-corrected chi connectivity index (χ4v) is 3.51. The zero-order valence-corrected chi connectivity index (χ0v) is 14.6. The average Bonchev–Trinajstić information content (AvgIpc) is 2.46. The highest BCUT2D eigenvalue weighted by Crippen LogP contribution is 2.22. The highest BCUT2D eigenvalue weighted by Gasteiger charge is 2.11. The number of halogens is 2. The molecule has 0 saturated heterocycles. The van der Waals surface area contributed by atoms with E-state index in [9.17, 15) is 13.8 Å². The summed E-state index contributed by atoms with van der Waals surface area (Å²) in [4.78, 5) is 22.7. The molecule has 2 rings (SSSR count). The van der Waals surface area contributed by atoms with Crippen molar-refractivity contribution in [3.05, 3.63) is 63.6 Å². The highest BCUT2D eigenvalue weighted by atomic mass is 35.5. The van der Waals surface area contributed by atoms with Gasteiger partial charge in [-0.2, -0.15) is 0 Å². The Morgan fingerprint density at radius 3 is 2.17 bits per heavy atom. The van der Waals surface area contributed by atoms with Crippen molar-refractivity contribution in [3.63, 3.8) is 0 Å². The molecular formula is C16H13Cl2NO4S. The number of carboxylic acid groups (broad SMARTS) is 1. The predicted molar refractivity (Wildman–Crippen MR) is 95.2 cm³/mol. The van der Waals surface area contributed by atoms with E-state index in [1.807, 2.05) is 0 Å². The lowest BCUT2D eigenvalue weighted by Gasteiger charge is -2.07. The van der Waals surface area contributed by atoms with E-state index < -0.39 is 22.7 Å². The fourth-order valence-electron chi connectivity index (χ4n) is 1.95. The van der Waals surface area contributed by atoms with Crippen molar-refractivity contribution in [1.82, 2.24) is 0 Å². The first kappa shape index (κ1) is 18.4. The summed E-state index contributed by atoms with van der Waals surface area (Å²) in [5, 5.41) is 12.2. The number of hydrogen-bond donors (Lipinski definition) is 2. The van der Waals surface area contributed by atoms with Gasteiger partial charge in [-0.15, -0.1) is 0 Å². The van der Waals surface area contributed by atoms with Gasteiger partial charge in [0.2, 0.25) is 5.91 Å².